The van der Waals surface area contributed by atoms with Crippen molar-refractivity contribution in [3.05, 3.63) is 54.6 Å². The number of piperazine rings is 1. The first kappa shape index (κ1) is 19.0. The van der Waals surface area contributed by atoms with Crippen LogP contribution in [-0.4, -0.2) is 61.1 Å². The number of carbonyl (C=O) groups excluding carboxylic acids is 2. The van der Waals surface area contributed by atoms with Gasteiger partial charge in [-0.2, -0.15) is 5.06 Å². The lowest BCUT2D eigenvalue weighted by atomic mass is 9.85. The van der Waals surface area contributed by atoms with Crippen LogP contribution in [0.5, 0.6) is 0 Å². The van der Waals surface area contributed by atoms with Crippen LogP contribution >= 0.6 is 0 Å². The summed E-state index contributed by atoms with van der Waals surface area (Å²) in [6.45, 7) is 4.87. The van der Waals surface area contributed by atoms with Gasteiger partial charge in [0.25, 0.3) is 11.8 Å². The normalized spacial score (nSPS) is 30.1. The average molecular weight is 418 g/mol. The Morgan fingerprint density at radius 2 is 1.52 bits per heavy atom. The maximum absolute atomic E-state index is 12.7. The number of fused-ring (bicyclic) bond motifs is 6. The number of hydroxylamine groups is 2. The molecule has 0 radical (unpaired) electrons. The van der Waals surface area contributed by atoms with Crippen molar-refractivity contribution < 1.29 is 14.4 Å². The molecule has 2 amide bonds. The van der Waals surface area contributed by atoms with Gasteiger partial charge in [-0.25, -0.2) is 0 Å². The molecular weight excluding hydrogens is 390 g/mol. The van der Waals surface area contributed by atoms with Crippen molar-refractivity contribution in [3.8, 4) is 0 Å². The molecule has 1 saturated carbocycles. The lowest BCUT2D eigenvalue weighted by Gasteiger charge is -2.36. The van der Waals surface area contributed by atoms with Gasteiger partial charge in [0, 0.05) is 43.8 Å². The highest BCUT2D eigenvalue weighted by atomic mass is 16.7. The minimum absolute atomic E-state index is 0.132. The summed E-state index contributed by atoms with van der Waals surface area (Å²) >= 11 is 0. The summed E-state index contributed by atoms with van der Waals surface area (Å²) in [5.41, 5.74) is 1.29. The first-order valence-corrected chi connectivity index (χ1v) is 11.3. The summed E-state index contributed by atoms with van der Waals surface area (Å²) in [6, 6.07) is 15.0. The number of allylic oxidation sites excluding steroid dienone is 2. The van der Waals surface area contributed by atoms with E-state index in [1.165, 1.54) is 16.5 Å². The van der Waals surface area contributed by atoms with E-state index in [4.69, 9.17) is 4.84 Å². The summed E-state index contributed by atoms with van der Waals surface area (Å²) in [5, 5.41) is 3.64. The van der Waals surface area contributed by atoms with E-state index in [0.717, 1.165) is 44.2 Å². The standard InChI is InChI=1S/C25H27N3O3/c29-24-22-18-8-9-19(16-18)23(22)25(30)28(24)31-15-14-26-10-12-27(13-11-26)21-7-3-5-17-4-1-2-6-20(17)21/h1-9,18-19,22-23H,10-16H2/t18-,19+,22?,23?. The summed E-state index contributed by atoms with van der Waals surface area (Å²) in [5.74, 6) is -0.192. The molecule has 2 aliphatic carbocycles. The molecular formula is C25H27N3O3. The van der Waals surface area contributed by atoms with Crippen molar-refractivity contribution in [3.63, 3.8) is 0 Å². The smallest absolute Gasteiger partial charge is 0.258 e. The number of imide groups is 1. The van der Waals surface area contributed by atoms with E-state index in [1.807, 2.05) is 0 Å². The summed E-state index contributed by atoms with van der Waals surface area (Å²) in [4.78, 5) is 35.9. The van der Waals surface area contributed by atoms with Gasteiger partial charge in [0.15, 0.2) is 0 Å². The second kappa shape index (κ2) is 7.46. The number of rotatable bonds is 5. The van der Waals surface area contributed by atoms with Crippen molar-refractivity contribution in [2.75, 3.05) is 44.2 Å². The number of hydrogen-bond acceptors (Lipinski definition) is 5. The van der Waals surface area contributed by atoms with Crippen LogP contribution in [0, 0.1) is 23.7 Å². The number of hydrogen-bond donors (Lipinski definition) is 0. The zero-order valence-electron chi connectivity index (χ0n) is 17.5. The van der Waals surface area contributed by atoms with Gasteiger partial charge in [-0.1, -0.05) is 48.6 Å². The Hall–Kier alpha value is -2.70. The van der Waals surface area contributed by atoms with E-state index in [9.17, 15) is 9.59 Å². The van der Waals surface area contributed by atoms with Crippen molar-refractivity contribution in [1.82, 2.24) is 9.96 Å². The number of anilines is 1. The molecule has 2 aromatic rings. The lowest BCUT2D eigenvalue weighted by Crippen LogP contribution is -2.48. The molecule has 2 heterocycles. The van der Waals surface area contributed by atoms with E-state index < -0.39 is 0 Å². The van der Waals surface area contributed by atoms with Crippen LogP contribution < -0.4 is 4.90 Å². The number of benzene rings is 2. The second-order valence-electron chi connectivity index (χ2n) is 9.13. The Morgan fingerprint density at radius 3 is 2.26 bits per heavy atom. The molecule has 160 valence electrons. The summed E-state index contributed by atoms with van der Waals surface area (Å²) < 4.78 is 0. The van der Waals surface area contributed by atoms with Crippen LogP contribution in [0.25, 0.3) is 10.8 Å². The fourth-order valence-corrected chi connectivity index (χ4v) is 5.96. The SMILES string of the molecule is O=C1C2C(C(=O)N1OCCN1CCN(c3cccc4ccccc34)CC1)[C@H]1C=C[C@@H]2C1. The molecule has 2 unspecified atom stereocenters. The Balaban J connectivity index is 1.02. The van der Waals surface area contributed by atoms with Gasteiger partial charge in [0.1, 0.15) is 0 Å². The third kappa shape index (κ3) is 3.08. The van der Waals surface area contributed by atoms with Crippen LogP contribution in [0.4, 0.5) is 5.69 Å². The molecule has 2 aromatic carbocycles. The van der Waals surface area contributed by atoms with Gasteiger partial charge in [-0.05, 0) is 29.7 Å². The summed E-state index contributed by atoms with van der Waals surface area (Å²) in [6.07, 6.45) is 5.16. The van der Waals surface area contributed by atoms with Gasteiger partial charge < -0.3 is 4.90 Å². The molecule has 6 heteroatoms. The number of amides is 2. The third-order valence-electron chi connectivity index (χ3n) is 7.54. The molecule has 2 aliphatic heterocycles. The van der Waals surface area contributed by atoms with Crippen LogP contribution in [0.2, 0.25) is 0 Å². The van der Waals surface area contributed by atoms with Gasteiger partial charge in [-0.3, -0.25) is 19.3 Å². The van der Waals surface area contributed by atoms with Crippen LogP contribution in [0.15, 0.2) is 54.6 Å². The highest BCUT2D eigenvalue weighted by Gasteiger charge is 2.60. The monoisotopic (exact) mass is 417 g/mol. The van der Waals surface area contributed by atoms with Gasteiger partial charge in [0.05, 0.1) is 18.4 Å². The highest BCUT2D eigenvalue weighted by molar-refractivity contribution is 6.05. The van der Waals surface area contributed by atoms with Crippen molar-refractivity contribution in [2.45, 2.75) is 6.42 Å². The lowest BCUT2D eigenvalue weighted by molar-refractivity contribution is -0.191. The highest BCUT2D eigenvalue weighted by Crippen LogP contribution is 2.52. The third-order valence-corrected chi connectivity index (χ3v) is 7.54. The zero-order valence-corrected chi connectivity index (χ0v) is 17.5. The zero-order chi connectivity index (χ0) is 20.9. The van der Waals surface area contributed by atoms with Crippen molar-refractivity contribution >= 4 is 28.3 Å². The maximum Gasteiger partial charge on any atom is 0.258 e. The Morgan fingerprint density at radius 1 is 0.839 bits per heavy atom. The van der Waals surface area contributed by atoms with Crippen LogP contribution in [0.3, 0.4) is 0 Å². The molecule has 0 N–H and O–H groups in total. The topological polar surface area (TPSA) is 53.1 Å². The molecule has 4 atom stereocenters. The molecule has 3 fully saturated rings. The molecule has 4 aliphatic rings. The molecule has 0 spiro atoms. The fraction of sp³-hybridized carbons (Fsp3) is 0.440. The first-order chi connectivity index (χ1) is 15.2. The van der Waals surface area contributed by atoms with E-state index in [2.05, 4.69) is 64.4 Å². The van der Waals surface area contributed by atoms with Crippen molar-refractivity contribution in [2.24, 2.45) is 23.7 Å². The van der Waals surface area contributed by atoms with Crippen molar-refractivity contribution in [1.29, 1.82) is 0 Å². The Bertz CT molecular complexity index is 1020. The van der Waals surface area contributed by atoms with Crippen LogP contribution in [-0.2, 0) is 14.4 Å². The Labute approximate surface area is 182 Å². The minimum atomic E-state index is -0.188. The Kier molecular flexibility index (Phi) is 4.58. The average Bonchev–Trinajstić information content (AvgIpc) is 3.49. The van der Waals surface area contributed by atoms with Gasteiger partial charge in [0.2, 0.25) is 0 Å². The van der Waals surface area contributed by atoms with E-state index >= 15 is 0 Å². The van der Waals surface area contributed by atoms with E-state index in [0.29, 0.717) is 6.61 Å². The number of carbonyl (C=O) groups is 2. The molecule has 2 saturated heterocycles. The first-order valence-electron chi connectivity index (χ1n) is 11.3. The van der Waals surface area contributed by atoms with E-state index in [-0.39, 0.29) is 35.5 Å². The van der Waals surface area contributed by atoms with Gasteiger partial charge >= 0.3 is 0 Å². The second-order valence-corrected chi connectivity index (χ2v) is 9.13. The molecule has 31 heavy (non-hydrogen) atoms. The van der Waals surface area contributed by atoms with Gasteiger partial charge in [-0.15, -0.1) is 0 Å². The number of nitrogens with zero attached hydrogens (tertiary/aromatic N) is 3. The molecule has 6 rings (SSSR count). The molecule has 6 nitrogen and oxygen atoms in total. The maximum atomic E-state index is 12.7. The minimum Gasteiger partial charge on any atom is -0.368 e. The predicted octanol–water partition coefficient (Wildman–Crippen LogP) is 2.70. The predicted molar refractivity (Wildman–Crippen MR) is 118 cm³/mol. The molecule has 2 bridgehead atoms. The molecule has 0 aromatic heterocycles. The summed E-state index contributed by atoms with van der Waals surface area (Å²) in [7, 11) is 0. The van der Waals surface area contributed by atoms with E-state index in [1.54, 1.807) is 0 Å². The largest absolute Gasteiger partial charge is 0.368 e. The van der Waals surface area contributed by atoms with Crippen LogP contribution in [0.1, 0.15) is 6.42 Å². The quantitative estimate of drug-likeness (QED) is 0.553. The fourth-order valence-electron chi connectivity index (χ4n) is 5.96.